The molecule has 8 heteroatoms. The van der Waals surface area contributed by atoms with Crippen LogP contribution in [0.3, 0.4) is 0 Å². The molecule has 1 aromatic carbocycles. The topological polar surface area (TPSA) is 70.1 Å². The van der Waals surface area contributed by atoms with Gasteiger partial charge >= 0.3 is 12.1 Å². The average molecular weight is 356 g/mol. The van der Waals surface area contributed by atoms with E-state index in [9.17, 15) is 23.5 Å². The van der Waals surface area contributed by atoms with Gasteiger partial charge in [-0.15, -0.1) is 0 Å². The number of aliphatic carboxylic acids is 1. The number of hydrogen-bond acceptors (Lipinski definition) is 4. The molecule has 0 saturated carbocycles. The van der Waals surface area contributed by atoms with Crippen LogP contribution in [-0.2, 0) is 9.53 Å². The van der Waals surface area contributed by atoms with Crippen LogP contribution in [0.2, 0.25) is 0 Å². The first-order chi connectivity index (χ1) is 11.6. The molecule has 1 aliphatic rings. The van der Waals surface area contributed by atoms with Gasteiger partial charge in [0.1, 0.15) is 23.3 Å². The van der Waals surface area contributed by atoms with E-state index in [2.05, 4.69) is 0 Å². The van der Waals surface area contributed by atoms with Crippen molar-refractivity contribution in [2.75, 3.05) is 26.2 Å². The molecule has 0 aromatic heterocycles. The van der Waals surface area contributed by atoms with Gasteiger partial charge in [-0.2, -0.15) is 0 Å². The van der Waals surface area contributed by atoms with Gasteiger partial charge in [-0.05, 0) is 26.8 Å². The summed E-state index contributed by atoms with van der Waals surface area (Å²) in [5.74, 6) is -2.89. The first-order valence-electron chi connectivity index (χ1n) is 7.98. The second-order valence-corrected chi connectivity index (χ2v) is 6.91. The van der Waals surface area contributed by atoms with Gasteiger partial charge in [0.15, 0.2) is 0 Å². The molecule has 2 rings (SSSR count). The Morgan fingerprint density at radius 2 is 1.76 bits per heavy atom. The van der Waals surface area contributed by atoms with Crippen LogP contribution in [0.4, 0.5) is 13.6 Å². The lowest BCUT2D eigenvalue weighted by Crippen LogP contribution is -2.52. The highest BCUT2D eigenvalue weighted by Crippen LogP contribution is 2.26. The van der Waals surface area contributed by atoms with Crippen molar-refractivity contribution >= 4 is 12.1 Å². The van der Waals surface area contributed by atoms with Crippen LogP contribution in [0.25, 0.3) is 0 Å². The number of carbonyl (C=O) groups is 2. The molecule has 25 heavy (non-hydrogen) atoms. The third-order valence-electron chi connectivity index (χ3n) is 3.82. The maximum atomic E-state index is 14.0. The van der Waals surface area contributed by atoms with Crippen LogP contribution < -0.4 is 0 Å². The fourth-order valence-electron chi connectivity index (χ4n) is 2.70. The van der Waals surface area contributed by atoms with Crippen molar-refractivity contribution in [3.63, 3.8) is 0 Å². The first-order valence-corrected chi connectivity index (χ1v) is 7.98. The number of amides is 1. The number of hydrogen-bond donors (Lipinski definition) is 1. The van der Waals surface area contributed by atoms with Crippen LogP contribution in [0.5, 0.6) is 0 Å². The summed E-state index contributed by atoms with van der Waals surface area (Å²) in [7, 11) is 0. The summed E-state index contributed by atoms with van der Waals surface area (Å²) in [6.07, 6.45) is -0.466. The van der Waals surface area contributed by atoms with Crippen molar-refractivity contribution in [3.8, 4) is 0 Å². The molecule has 1 heterocycles. The molecule has 0 unspecified atom stereocenters. The van der Waals surface area contributed by atoms with E-state index in [1.807, 2.05) is 0 Å². The predicted octanol–water partition coefficient (Wildman–Crippen LogP) is 2.64. The molecule has 0 spiro atoms. The summed E-state index contributed by atoms with van der Waals surface area (Å²) in [4.78, 5) is 26.7. The number of benzene rings is 1. The smallest absolute Gasteiger partial charge is 0.410 e. The van der Waals surface area contributed by atoms with Gasteiger partial charge in [0.25, 0.3) is 0 Å². The molecule has 1 amide bonds. The number of halogens is 2. The molecule has 1 N–H and O–H groups in total. The molecule has 6 nitrogen and oxygen atoms in total. The van der Waals surface area contributed by atoms with Gasteiger partial charge in [-0.1, -0.05) is 6.07 Å². The fraction of sp³-hybridized carbons (Fsp3) is 0.529. The van der Waals surface area contributed by atoms with E-state index in [4.69, 9.17) is 4.74 Å². The van der Waals surface area contributed by atoms with Crippen molar-refractivity contribution in [1.29, 1.82) is 0 Å². The van der Waals surface area contributed by atoms with Crippen molar-refractivity contribution < 1.29 is 28.2 Å². The zero-order valence-electron chi connectivity index (χ0n) is 14.5. The molecule has 138 valence electrons. The van der Waals surface area contributed by atoms with Gasteiger partial charge in [0, 0.05) is 37.8 Å². The summed E-state index contributed by atoms with van der Waals surface area (Å²) in [6.45, 7) is 6.31. The average Bonchev–Trinajstić information content (AvgIpc) is 2.48. The quantitative estimate of drug-likeness (QED) is 0.902. The van der Waals surface area contributed by atoms with Crippen LogP contribution in [0.1, 0.15) is 32.4 Å². The Labute approximate surface area is 145 Å². The number of rotatable bonds is 3. The van der Waals surface area contributed by atoms with Crippen LogP contribution >= 0.6 is 0 Å². The van der Waals surface area contributed by atoms with E-state index in [-0.39, 0.29) is 31.7 Å². The summed E-state index contributed by atoms with van der Waals surface area (Å²) in [5, 5.41) is 9.49. The highest BCUT2D eigenvalue weighted by molar-refractivity contribution is 5.76. The minimum Gasteiger partial charge on any atom is -0.480 e. The highest BCUT2D eigenvalue weighted by atomic mass is 19.1. The van der Waals surface area contributed by atoms with Gasteiger partial charge in [-0.25, -0.2) is 13.6 Å². The lowest BCUT2D eigenvalue weighted by molar-refractivity contribution is -0.144. The maximum Gasteiger partial charge on any atom is 0.410 e. The van der Waals surface area contributed by atoms with E-state index in [0.717, 1.165) is 12.1 Å². The Balaban J connectivity index is 2.08. The van der Waals surface area contributed by atoms with Gasteiger partial charge in [0.2, 0.25) is 0 Å². The minimum atomic E-state index is -1.23. The normalized spacial score (nSPS) is 17.2. The van der Waals surface area contributed by atoms with Crippen molar-refractivity contribution in [2.24, 2.45) is 0 Å². The highest BCUT2D eigenvalue weighted by Gasteiger charge is 2.34. The standard InChI is InChI=1S/C17H22F2N2O4/c1-17(2,3)25-16(24)21-8-6-20(7-9-21)14(15(22)23)12-5-4-11(18)10-13(12)19/h4-5,10,14H,6-9H2,1-3H3,(H,22,23)/t14-/m0/s1. The molecule has 1 saturated heterocycles. The van der Waals surface area contributed by atoms with E-state index >= 15 is 0 Å². The van der Waals surface area contributed by atoms with Crippen LogP contribution in [0.15, 0.2) is 18.2 Å². The summed E-state index contributed by atoms with van der Waals surface area (Å²) in [5.41, 5.74) is -0.714. The second-order valence-electron chi connectivity index (χ2n) is 6.91. The summed E-state index contributed by atoms with van der Waals surface area (Å²) >= 11 is 0. The Morgan fingerprint density at radius 3 is 2.24 bits per heavy atom. The molecular weight excluding hydrogens is 334 g/mol. The predicted molar refractivity (Wildman–Crippen MR) is 86.1 cm³/mol. The van der Waals surface area contributed by atoms with Crippen molar-refractivity contribution in [1.82, 2.24) is 9.80 Å². The zero-order chi connectivity index (χ0) is 18.8. The van der Waals surface area contributed by atoms with Crippen LogP contribution in [-0.4, -0.2) is 58.7 Å². The van der Waals surface area contributed by atoms with Crippen LogP contribution in [0, 0.1) is 11.6 Å². The van der Waals surface area contributed by atoms with Gasteiger partial charge < -0.3 is 14.7 Å². The van der Waals surface area contributed by atoms with E-state index < -0.39 is 35.3 Å². The molecule has 0 bridgehead atoms. The third-order valence-corrected chi connectivity index (χ3v) is 3.82. The Morgan fingerprint density at radius 1 is 1.16 bits per heavy atom. The molecule has 1 fully saturated rings. The molecule has 0 radical (unpaired) electrons. The first kappa shape index (κ1) is 19.1. The summed E-state index contributed by atoms with van der Waals surface area (Å²) < 4.78 is 32.4. The third kappa shape index (κ3) is 4.88. The number of ether oxygens (including phenoxy) is 1. The SMILES string of the molecule is CC(C)(C)OC(=O)N1CCN([C@H](C(=O)O)c2ccc(F)cc2F)CC1. The fourth-order valence-corrected chi connectivity index (χ4v) is 2.70. The Kier molecular flexibility index (Phi) is 5.62. The van der Waals surface area contributed by atoms with Gasteiger partial charge in [-0.3, -0.25) is 9.69 Å². The monoisotopic (exact) mass is 356 g/mol. The van der Waals surface area contributed by atoms with E-state index in [1.54, 1.807) is 25.7 Å². The van der Waals surface area contributed by atoms with E-state index in [1.165, 1.54) is 4.90 Å². The largest absolute Gasteiger partial charge is 0.480 e. The molecule has 1 aromatic rings. The Hall–Kier alpha value is -2.22. The number of piperazine rings is 1. The molecule has 1 atom stereocenters. The van der Waals surface area contributed by atoms with Crippen molar-refractivity contribution in [2.45, 2.75) is 32.4 Å². The molecule has 1 aliphatic heterocycles. The molecular formula is C17H22F2N2O4. The number of carboxylic acids is 1. The second kappa shape index (κ2) is 7.35. The number of nitrogens with zero attached hydrogens (tertiary/aromatic N) is 2. The Bertz CT molecular complexity index is 653. The van der Waals surface area contributed by atoms with E-state index in [0.29, 0.717) is 6.07 Å². The lowest BCUT2D eigenvalue weighted by atomic mass is 10.0. The number of carboxylic acid groups (broad SMARTS) is 1. The minimum absolute atomic E-state index is 0.0976. The number of carbonyl (C=O) groups excluding carboxylic acids is 1. The van der Waals surface area contributed by atoms with Gasteiger partial charge in [0.05, 0.1) is 0 Å². The van der Waals surface area contributed by atoms with Crippen molar-refractivity contribution in [3.05, 3.63) is 35.4 Å². The molecule has 0 aliphatic carbocycles. The zero-order valence-corrected chi connectivity index (χ0v) is 14.5. The lowest BCUT2D eigenvalue weighted by Gasteiger charge is -2.38. The summed E-state index contributed by atoms with van der Waals surface area (Å²) in [6, 6.07) is 1.61. The maximum absolute atomic E-state index is 14.0.